The van der Waals surface area contributed by atoms with Crippen LogP contribution in [0.3, 0.4) is 0 Å². The number of nitrogens with zero attached hydrogens (tertiary/aromatic N) is 2. The summed E-state index contributed by atoms with van der Waals surface area (Å²) >= 11 is 0. The zero-order valence-electron chi connectivity index (χ0n) is 9.62. The number of hydrogen-bond acceptors (Lipinski definition) is 3. The van der Waals surface area contributed by atoms with Gasteiger partial charge < -0.3 is 28.7 Å². The van der Waals surface area contributed by atoms with Gasteiger partial charge in [0.2, 0.25) is 5.75 Å². The summed E-state index contributed by atoms with van der Waals surface area (Å²) in [5.74, 6) is 0.809. The third-order valence-electron chi connectivity index (χ3n) is 2.24. The molecule has 5 nitrogen and oxygen atoms in total. The quantitative estimate of drug-likeness (QED) is 0.313. The average Bonchev–Trinajstić information content (AvgIpc) is 2.32. The first-order valence-electron chi connectivity index (χ1n) is 5.03. The third-order valence-corrected chi connectivity index (χ3v) is 2.24. The number of benzene rings is 1. The number of nitro benzene ring substituents is 1. The number of hydrogen-bond donors (Lipinski definition) is 0. The first kappa shape index (κ1) is 14.4. The first-order chi connectivity index (χ1) is 8.16. The second kappa shape index (κ2) is 6.29. The number of rotatable bonds is 3. The third kappa shape index (κ3) is 3.39. The van der Waals surface area contributed by atoms with Gasteiger partial charge in [-0.2, -0.15) is 0 Å². The van der Waals surface area contributed by atoms with Crippen LogP contribution in [0.25, 0.3) is 0 Å². The highest BCUT2D eigenvalue weighted by atomic mass is 127. The molecule has 0 fully saturated rings. The topological polar surface area (TPSA) is 56.2 Å². The maximum absolute atomic E-state index is 10.8. The van der Waals surface area contributed by atoms with E-state index in [-0.39, 0.29) is 35.4 Å². The summed E-state index contributed by atoms with van der Waals surface area (Å²) in [7, 11) is 1.88. The summed E-state index contributed by atoms with van der Waals surface area (Å²) in [4.78, 5) is 10.3. The van der Waals surface area contributed by atoms with E-state index in [0.717, 1.165) is 0 Å². The SMILES string of the molecule is C[n+]1ccc(Oc2ccccc2[N+](=O)[O-])cc1.[I-]. The van der Waals surface area contributed by atoms with Gasteiger partial charge in [0.15, 0.2) is 12.4 Å². The fourth-order valence-corrected chi connectivity index (χ4v) is 1.38. The molecule has 18 heavy (non-hydrogen) atoms. The Morgan fingerprint density at radius 2 is 1.78 bits per heavy atom. The summed E-state index contributed by atoms with van der Waals surface area (Å²) in [6.45, 7) is 0. The Bertz CT molecular complexity index is 543. The Balaban J connectivity index is 0.00000162. The Labute approximate surface area is 121 Å². The lowest BCUT2D eigenvalue weighted by Crippen LogP contribution is -3.00. The van der Waals surface area contributed by atoms with Crippen LogP contribution in [-0.4, -0.2) is 4.92 Å². The van der Waals surface area contributed by atoms with Crippen LogP contribution in [-0.2, 0) is 7.05 Å². The van der Waals surface area contributed by atoms with E-state index in [4.69, 9.17) is 4.74 Å². The van der Waals surface area contributed by atoms with Crippen molar-refractivity contribution >= 4 is 5.69 Å². The minimum absolute atomic E-state index is 0. The summed E-state index contributed by atoms with van der Waals surface area (Å²) in [5.41, 5.74) is -0.0410. The minimum Gasteiger partial charge on any atom is -1.00 e. The van der Waals surface area contributed by atoms with Crippen LogP contribution in [0.5, 0.6) is 11.5 Å². The molecule has 0 saturated carbocycles. The molecule has 1 aromatic carbocycles. The van der Waals surface area contributed by atoms with Crippen LogP contribution >= 0.6 is 0 Å². The highest BCUT2D eigenvalue weighted by Crippen LogP contribution is 2.30. The molecule has 94 valence electrons. The molecule has 1 aromatic heterocycles. The number of aryl methyl sites for hydroxylation is 1. The monoisotopic (exact) mass is 358 g/mol. The van der Waals surface area contributed by atoms with Crippen molar-refractivity contribution in [3.05, 3.63) is 58.9 Å². The van der Waals surface area contributed by atoms with Crippen LogP contribution in [0.15, 0.2) is 48.8 Å². The fourth-order valence-electron chi connectivity index (χ4n) is 1.38. The van der Waals surface area contributed by atoms with Gasteiger partial charge in [0, 0.05) is 18.2 Å². The molecule has 0 spiro atoms. The lowest BCUT2D eigenvalue weighted by Gasteiger charge is -2.04. The van der Waals surface area contributed by atoms with Gasteiger partial charge in [0.05, 0.1) is 4.92 Å². The van der Waals surface area contributed by atoms with Crippen LogP contribution in [0.4, 0.5) is 5.69 Å². The molecular weight excluding hydrogens is 347 g/mol. The van der Waals surface area contributed by atoms with Gasteiger partial charge in [-0.25, -0.2) is 4.57 Å². The summed E-state index contributed by atoms with van der Waals surface area (Å²) in [6, 6.07) is 9.79. The molecule has 0 aliphatic rings. The molecule has 0 aliphatic heterocycles. The van der Waals surface area contributed by atoms with E-state index in [0.29, 0.717) is 5.75 Å². The minimum atomic E-state index is -0.460. The Kier molecular flexibility index (Phi) is 5.02. The first-order valence-corrected chi connectivity index (χ1v) is 5.03. The molecule has 0 saturated heterocycles. The van der Waals surface area contributed by atoms with Gasteiger partial charge in [-0.15, -0.1) is 0 Å². The smallest absolute Gasteiger partial charge is 0.311 e. The zero-order chi connectivity index (χ0) is 12.3. The maximum atomic E-state index is 10.8. The molecule has 6 heteroatoms. The van der Waals surface area contributed by atoms with Gasteiger partial charge in [0.25, 0.3) is 0 Å². The molecule has 2 rings (SSSR count). The predicted molar refractivity (Wildman–Crippen MR) is 60.8 cm³/mol. The summed E-state index contributed by atoms with van der Waals surface area (Å²) in [6.07, 6.45) is 3.62. The van der Waals surface area contributed by atoms with Crippen molar-refractivity contribution in [2.75, 3.05) is 0 Å². The van der Waals surface area contributed by atoms with Gasteiger partial charge in [0.1, 0.15) is 12.8 Å². The van der Waals surface area contributed by atoms with E-state index in [9.17, 15) is 10.1 Å². The van der Waals surface area contributed by atoms with Crippen molar-refractivity contribution in [2.45, 2.75) is 0 Å². The normalized spacial score (nSPS) is 9.39. The summed E-state index contributed by atoms with van der Waals surface area (Å²) < 4.78 is 7.32. The van der Waals surface area contributed by atoms with Gasteiger partial charge >= 0.3 is 5.69 Å². The highest BCUT2D eigenvalue weighted by molar-refractivity contribution is 5.47. The van der Waals surface area contributed by atoms with Crippen molar-refractivity contribution < 1.29 is 38.2 Å². The van der Waals surface area contributed by atoms with Crippen molar-refractivity contribution in [3.8, 4) is 11.5 Å². The van der Waals surface area contributed by atoms with E-state index >= 15 is 0 Å². The number of ether oxygens (including phenoxy) is 1. The van der Waals surface area contributed by atoms with Crippen molar-refractivity contribution in [3.63, 3.8) is 0 Å². The van der Waals surface area contributed by atoms with Crippen LogP contribution < -0.4 is 33.3 Å². The molecule has 0 N–H and O–H groups in total. The van der Waals surface area contributed by atoms with Crippen LogP contribution in [0, 0.1) is 10.1 Å². The van der Waals surface area contributed by atoms with Crippen molar-refractivity contribution in [1.82, 2.24) is 0 Å². The molecule has 2 aromatic rings. The second-order valence-corrected chi connectivity index (χ2v) is 3.53. The number of aromatic nitrogens is 1. The molecule has 0 amide bonds. The molecular formula is C12H11IN2O3. The number of para-hydroxylation sites is 2. The lowest BCUT2D eigenvalue weighted by molar-refractivity contribution is -0.671. The second-order valence-electron chi connectivity index (χ2n) is 3.53. The Hall–Kier alpha value is -1.70. The number of nitro groups is 1. The predicted octanol–water partition coefficient (Wildman–Crippen LogP) is -0.784. The largest absolute Gasteiger partial charge is 1.00 e. The van der Waals surface area contributed by atoms with Gasteiger partial charge in [-0.3, -0.25) is 10.1 Å². The van der Waals surface area contributed by atoms with Crippen molar-refractivity contribution in [1.29, 1.82) is 0 Å². The van der Waals surface area contributed by atoms with E-state index < -0.39 is 4.92 Å². The van der Waals surface area contributed by atoms with Gasteiger partial charge in [-0.05, 0) is 6.07 Å². The van der Waals surface area contributed by atoms with Crippen LogP contribution in [0.2, 0.25) is 0 Å². The molecule has 0 radical (unpaired) electrons. The number of pyridine rings is 1. The molecule has 0 atom stereocenters. The molecule has 0 aliphatic carbocycles. The van der Waals surface area contributed by atoms with E-state index in [2.05, 4.69) is 0 Å². The van der Waals surface area contributed by atoms with Crippen molar-refractivity contribution in [2.24, 2.45) is 7.05 Å². The maximum Gasteiger partial charge on any atom is 0.311 e. The molecule has 0 unspecified atom stereocenters. The number of halogens is 1. The highest BCUT2D eigenvalue weighted by Gasteiger charge is 2.14. The average molecular weight is 358 g/mol. The fraction of sp³-hybridized carbons (Fsp3) is 0.0833. The Morgan fingerprint density at radius 1 is 1.17 bits per heavy atom. The Morgan fingerprint density at radius 3 is 2.39 bits per heavy atom. The van der Waals surface area contributed by atoms with Crippen LogP contribution in [0.1, 0.15) is 0 Å². The van der Waals surface area contributed by atoms with Gasteiger partial charge in [-0.1, -0.05) is 12.1 Å². The zero-order valence-corrected chi connectivity index (χ0v) is 11.8. The van der Waals surface area contributed by atoms with E-state index in [1.807, 2.05) is 24.0 Å². The van der Waals surface area contributed by atoms with E-state index in [1.54, 1.807) is 30.3 Å². The summed E-state index contributed by atoms with van der Waals surface area (Å²) in [5, 5.41) is 10.8. The standard InChI is InChI=1S/C12H11N2O3.HI/c1-13-8-6-10(7-9-13)17-12-5-3-2-4-11(12)14(15)16;/h2-9H,1H3;1H/q+1;/p-1. The van der Waals surface area contributed by atoms with E-state index in [1.165, 1.54) is 6.07 Å². The lowest BCUT2D eigenvalue weighted by atomic mass is 10.3. The molecule has 0 bridgehead atoms. The molecule has 1 heterocycles.